The molecule has 2 atom stereocenters. The molecular formula is C17H21N3O2. The topological polar surface area (TPSA) is 77.2 Å². The minimum Gasteiger partial charge on any atom is -0.396 e. The Hall–Kier alpha value is -2.27. The number of aromatic nitrogens is 1. The Morgan fingerprint density at radius 2 is 2.18 bits per heavy atom. The van der Waals surface area contributed by atoms with Gasteiger partial charge in [0.25, 0.3) is 0 Å². The van der Waals surface area contributed by atoms with Crippen molar-refractivity contribution in [3.63, 3.8) is 0 Å². The van der Waals surface area contributed by atoms with Crippen molar-refractivity contribution in [1.29, 1.82) is 0 Å². The Kier molecular flexibility index (Phi) is 4.44. The molecule has 5 heteroatoms. The number of amides is 2. The minimum atomic E-state index is -0.159. The second-order valence-electron chi connectivity index (χ2n) is 5.68. The third kappa shape index (κ3) is 3.31. The number of aromatic amines is 1. The lowest BCUT2D eigenvalue weighted by atomic mass is 10.1. The first-order valence-corrected chi connectivity index (χ1v) is 7.65. The largest absolute Gasteiger partial charge is 0.396 e. The molecule has 4 N–H and O–H groups in total. The maximum Gasteiger partial charge on any atom is 0.315 e. The zero-order chi connectivity index (χ0) is 15.4. The van der Waals surface area contributed by atoms with Crippen molar-refractivity contribution in [2.45, 2.75) is 18.9 Å². The fourth-order valence-electron chi connectivity index (χ4n) is 2.89. The molecule has 0 radical (unpaired) electrons. The van der Waals surface area contributed by atoms with Crippen LogP contribution in [0.3, 0.4) is 0 Å². The summed E-state index contributed by atoms with van der Waals surface area (Å²) < 4.78 is 0. The molecule has 5 nitrogen and oxygen atoms in total. The standard InChI is InChI=1S/C17H21N3O2/c21-11-12-5-6-14(9-12)20-17(22)18-8-7-13-10-19-16-4-2-1-3-15(13)16/h1-6,10,12,14,19,21H,7-9,11H2,(H2,18,20,22)/t12-,14+/m0/s1. The number of carbonyl (C=O) groups is 1. The highest BCUT2D eigenvalue weighted by Gasteiger charge is 2.19. The molecule has 1 aliphatic carbocycles. The van der Waals surface area contributed by atoms with Crippen LogP contribution < -0.4 is 10.6 Å². The summed E-state index contributed by atoms with van der Waals surface area (Å²) in [5, 5.41) is 16.1. The van der Waals surface area contributed by atoms with Crippen molar-refractivity contribution in [3.8, 4) is 0 Å². The number of urea groups is 1. The fourth-order valence-corrected chi connectivity index (χ4v) is 2.89. The highest BCUT2D eigenvalue weighted by Crippen LogP contribution is 2.18. The van der Waals surface area contributed by atoms with E-state index in [0.29, 0.717) is 6.54 Å². The molecule has 3 rings (SSSR count). The number of aliphatic hydroxyl groups excluding tert-OH is 1. The first kappa shape index (κ1) is 14.7. The molecule has 0 bridgehead atoms. The zero-order valence-corrected chi connectivity index (χ0v) is 12.4. The zero-order valence-electron chi connectivity index (χ0n) is 12.4. The number of H-pyrrole nitrogens is 1. The van der Waals surface area contributed by atoms with Crippen LogP contribution in [0.5, 0.6) is 0 Å². The van der Waals surface area contributed by atoms with Gasteiger partial charge in [-0.05, 0) is 24.5 Å². The van der Waals surface area contributed by atoms with Crippen LogP contribution in [0.2, 0.25) is 0 Å². The maximum absolute atomic E-state index is 11.9. The van der Waals surface area contributed by atoms with Gasteiger partial charge in [0.15, 0.2) is 0 Å². The number of benzene rings is 1. The van der Waals surface area contributed by atoms with E-state index in [2.05, 4.69) is 21.7 Å². The van der Waals surface area contributed by atoms with Gasteiger partial charge in [-0.2, -0.15) is 0 Å². The van der Waals surface area contributed by atoms with Gasteiger partial charge in [0, 0.05) is 42.2 Å². The average Bonchev–Trinajstić information content (AvgIpc) is 3.14. The quantitative estimate of drug-likeness (QED) is 0.637. The summed E-state index contributed by atoms with van der Waals surface area (Å²) in [5.41, 5.74) is 2.32. The summed E-state index contributed by atoms with van der Waals surface area (Å²) >= 11 is 0. The monoisotopic (exact) mass is 299 g/mol. The highest BCUT2D eigenvalue weighted by atomic mass is 16.3. The summed E-state index contributed by atoms with van der Waals surface area (Å²) in [4.78, 5) is 15.1. The van der Waals surface area contributed by atoms with Gasteiger partial charge in [-0.3, -0.25) is 0 Å². The number of hydrogen-bond acceptors (Lipinski definition) is 2. The van der Waals surface area contributed by atoms with Crippen LogP contribution in [-0.2, 0) is 6.42 Å². The van der Waals surface area contributed by atoms with E-state index in [1.807, 2.05) is 36.5 Å². The molecule has 1 aromatic heterocycles. The maximum atomic E-state index is 11.9. The first-order chi connectivity index (χ1) is 10.8. The van der Waals surface area contributed by atoms with Crippen molar-refractivity contribution in [3.05, 3.63) is 48.2 Å². The van der Waals surface area contributed by atoms with E-state index in [-0.39, 0.29) is 24.6 Å². The van der Waals surface area contributed by atoms with Crippen LogP contribution in [0, 0.1) is 5.92 Å². The molecule has 0 saturated carbocycles. The number of carbonyl (C=O) groups excluding carboxylic acids is 1. The average molecular weight is 299 g/mol. The number of hydrogen-bond donors (Lipinski definition) is 4. The van der Waals surface area contributed by atoms with E-state index in [1.165, 1.54) is 10.9 Å². The molecule has 0 aliphatic heterocycles. The number of fused-ring (bicyclic) bond motifs is 1. The molecular weight excluding hydrogens is 278 g/mol. The number of nitrogens with one attached hydrogen (secondary N) is 3. The lowest BCUT2D eigenvalue weighted by Gasteiger charge is -2.13. The third-order valence-electron chi connectivity index (χ3n) is 4.08. The second kappa shape index (κ2) is 6.66. The van der Waals surface area contributed by atoms with Gasteiger partial charge >= 0.3 is 6.03 Å². The van der Waals surface area contributed by atoms with Crippen LogP contribution in [0.1, 0.15) is 12.0 Å². The summed E-state index contributed by atoms with van der Waals surface area (Å²) in [6.07, 6.45) is 7.45. The molecule has 2 aromatic rings. The van der Waals surface area contributed by atoms with Crippen LogP contribution in [0.4, 0.5) is 4.79 Å². The normalized spacial score (nSPS) is 20.4. The van der Waals surface area contributed by atoms with Crippen LogP contribution in [-0.4, -0.2) is 35.3 Å². The number of aliphatic hydroxyl groups is 1. The summed E-state index contributed by atoms with van der Waals surface area (Å²) in [6, 6.07) is 8.01. The lowest BCUT2D eigenvalue weighted by Crippen LogP contribution is -2.41. The molecule has 0 saturated heterocycles. The van der Waals surface area contributed by atoms with E-state index < -0.39 is 0 Å². The van der Waals surface area contributed by atoms with E-state index in [1.54, 1.807) is 0 Å². The Bertz CT molecular complexity index is 677. The summed E-state index contributed by atoms with van der Waals surface area (Å²) in [7, 11) is 0. The Balaban J connectivity index is 1.45. The van der Waals surface area contributed by atoms with Gasteiger partial charge in [0.1, 0.15) is 0 Å². The lowest BCUT2D eigenvalue weighted by molar-refractivity contribution is 0.231. The van der Waals surface area contributed by atoms with Gasteiger partial charge < -0.3 is 20.7 Å². The Labute approximate surface area is 129 Å². The highest BCUT2D eigenvalue weighted by molar-refractivity contribution is 5.83. The van der Waals surface area contributed by atoms with Gasteiger partial charge in [-0.25, -0.2) is 4.79 Å². The molecule has 22 heavy (non-hydrogen) atoms. The third-order valence-corrected chi connectivity index (χ3v) is 4.08. The van der Waals surface area contributed by atoms with Gasteiger partial charge in [0.05, 0.1) is 0 Å². The fraction of sp³-hybridized carbons (Fsp3) is 0.353. The molecule has 1 aromatic carbocycles. The smallest absolute Gasteiger partial charge is 0.315 e. The van der Waals surface area contributed by atoms with Crippen molar-refractivity contribution in [2.24, 2.45) is 5.92 Å². The molecule has 2 amide bonds. The van der Waals surface area contributed by atoms with Gasteiger partial charge in [-0.1, -0.05) is 30.4 Å². The molecule has 116 valence electrons. The van der Waals surface area contributed by atoms with E-state index in [4.69, 9.17) is 5.11 Å². The van der Waals surface area contributed by atoms with Crippen LogP contribution >= 0.6 is 0 Å². The van der Waals surface area contributed by atoms with Gasteiger partial charge in [0.2, 0.25) is 0 Å². The van der Waals surface area contributed by atoms with E-state index in [9.17, 15) is 4.79 Å². The SMILES string of the molecule is O=C(NCCc1c[nH]c2ccccc12)N[C@@H]1C=C[C@H](CO)C1. The van der Waals surface area contributed by atoms with Crippen molar-refractivity contribution in [1.82, 2.24) is 15.6 Å². The first-order valence-electron chi connectivity index (χ1n) is 7.65. The number of rotatable bonds is 5. The van der Waals surface area contributed by atoms with Crippen LogP contribution in [0.15, 0.2) is 42.6 Å². The molecule has 0 unspecified atom stereocenters. The predicted octanol–water partition coefficient (Wildman–Crippen LogP) is 1.95. The predicted molar refractivity (Wildman–Crippen MR) is 86.7 cm³/mol. The van der Waals surface area contributed by atoms with Crippen molar-refractivity contribution < 1.29 is 9.90 Å². The Morgan fingerprint density at radius 1 is 1.32 bits per heavy atom. The van der Waals surface area contributed by atoms with Crippen molar-refractivity contribution >= 4 is 16.9 Å². The summed E-state index contributed by atoms with van der Waals surface area (Å²) in [6.45, 7) is 0.727. The van der Waals surface area contributed by atoms with E-state index >= 15 is 0 Å². The van der Waals surface area contributed by atoms with Crippen LogP contribution in [0.25, 0.3) is 10.9 Å². The Morgan fingerprint density at radius 3 is 3.00 bits per heavy atom. The molecule has 0 fully saturated rings. The van der Waals surface area contributed by atoms with Crippen molar-refractivity contribution in [2.75, 3.05) is 13.2 Å². The summed E-state index contributed by atoms with van der Waals surface area (Å²) in [5.74, 6) is 0.163. The van der Waals surface area contributed by atoms with Gasteiger partial charge in [-0.15, -0.1) is 0 Å². The molecule has 0 spiro atoms. The molecule has 1 heterocycles. The molecule has 1 aliphatic rings. The number of para-hydroxylation sites is 1. The minimum absolute atomic E-state index is 0.0187. The second-order valence-corrected chi connectivity index (χ2v) is 5.68. The van der Waals surface area contributed by atoms with E-state index in [0.717, 1.165) is 18.4 Å².